The highest BCUT2D eigenvalue weighted by Gasteiger charge is 2.39. The number of hydrogen-bond donors (Lipinski definition) is 0. The predicted molar refractivity (Wildman–Crippen MR) is 116 cm³/mol. The zero-order valence-corrected chi connectivity index (χ0v) is 19.0. The molecule has 1 aromatic carbocycles. The van der Waals surface area contributed by atoms with E-state index in [9.17, 15) is 17.2 Å². The second-order valence-corrected chi connectivity index (χ2v) is 12.2. The Morgan fingerprint density at radius 2 is 1.80 bits per heavy atom. The molecule has 8 heteroatoms. The summed E-state index contributed by atoms with van der Waals surface area (Å²) in [4.78, 5) is 4.86. The minimum atomic E-state index is -3.33. The summed E-state index contributed by atoms with van der Waals surface area (Å²) in [5, 5.41) is -0.273. The number of halogens is 2. The van der Waals surface area contributed by atoms with Gasteiger partial charge in [-0.25, -0.2) is 22.2 Å². The van der Waals surface area contributed by atoms with Crippen molar-refractivity contribution in [3.05, 3.63) is 24.0 Å². The van der Waals surface area contributed by atoms with E-state index in [4.69, 9.17) is 4.98 Å². The Labute approximate surface area is 177 Å². The summed E-state index contributed by atoms with van der Waals surface area (Å²) in [6.07, 6.45) is 2.36. The summed E-state index contributed by atoms with van der Waals surface area (Å²) in [7, 11) is -1.73. The smallest absolute Gasteiger partial charge is 0.248 e. The summed E-state index contributed by atoms with van der Waals surface area (Å²) in [5.74, 6) is -1.44. The molecule has 0 unspecified atom stereocenters. The van der Waals surface area contributed by atoms with E-state index in [1.807, 2.05) is 18.2 Å². The van der Waals surface area contributed by atoms with Gasteiger partial charge in [0.05, 0.1) is 22.0 Å². The molecule has 2 aromatic rings. The van der Waals surface area contributed by atoms with Gasteiger partial charge in [-0.3, -0.25) is 4.31 Å². The van der Waals surface area contributed by atoms with Crippen LogP contribution in [0.2, 0.25) is 0 Å². The van der Waals surface area contributed by atoms with E-state index in [-0.39, 0.29) is 29.4 Å². The summed E-state index contributed by atoms with van der Waals surface area (Å²) in [6, 6.07) is 5.57. The third-order valence-electron chi connectivity index (χ3n) is 6.37. The molecule has 0 atom stereocenters. The van der Waals surface area contributed by atoms with Gasteiger partial charge in [-0.2, -0.15) is 0 Å². The molecule has 166 valence electrons. The monoisotopic (exact) mass is 439 g/mol. The number of aromatic nitrogens is 2. The molecule has 2 aliphatic rings. The van der Waals surface area contributed by atoms with Crippen LogP contribution in [0.4, 0.5) is 14.5 Å². The first kappa shape index (κ1) is 21.5. The molecule has 2 fully saturated rings. The van der Waals surface area contributed by atoms with Crippen molar-refractivity contribution in [3.8, 4) is 0 Å². The minimum absolute atomic E-state index is 0.0525. The molecule has 0 amide bonds. The Morgan fingerprint density at radius 1 is 1.17 bits per heavy atom. The lowest BCUT2D eigenvalue weighted by Gasteiger charge is -2.30. The molecule has 2 aliphatic carbocycles. The number of benzene rings is 1. The van der Waals surface area contributed by atoms with E-state index in [2.05, 4.69) is 25.3 Å². The Kier molecular flexibility index (Phi) is 5.15. The van der Waals surface area contributed by atoms with E-state index < -0.39 is 15.9 Å². The number of rotatable bonds is 5. The van der Waals surface area contributed by atoms with Crippen molar-refractivity contribution in [3.63, 3.8) is 0 Å². The van der Waals surface area contributed by atoms with Crippen molar-refractivity contribution >= 4 is 26.7 Å². The number of sulfonamides is 1. The first-order valence-corrected chi connectivity index (χ1v) is 12.3. The first-order valence-electron chi connectivity index (χ1n) is 10.7. The van der Waals surface area contributed by atoms with Crippen molar-refractivity contribution in [1.82, 2.24) is 9.55 Å². The number of imidazole rings is 1. The zero-order chi connectivity index (χ0) is 21.9. The quantitative estimate of drug-likeness (QED) is 0.652. The van der Waals surface area contributed by atoms with Gasteiger partial charge in [-0.1, -0.05) is 20.8 Å². The third-order valence-corrected chi connectivity index (χ3v) is 8.66. The van der Waals surface area contributed by atoms with Crippen LogP contribution in [0.15, 0.2) is 18.2 Å². The van der Waals surface area contributed by atoms with Gasteiger partial charge in [0.2, 0.25) is 15.9 Å². The van der Waals surface area contributed by atoms with Gasteiger partial charge in [0, 0.05) is 31.8 Å². The molecule has 4 rings (SSSR count). The average molecular weight is 440 g/mol. The molecule has 0 spiro atoms. The lowest BCUT2D eigenvalue weighted by atomic mass is 9.86. The van der Waals surface area contributed by atoms with Crippen molar-refractivity contribution in [2.45, 2.75) is 82.4 Å². The Hall–Kier alpha value is -1.70. The number of fused-ring (bicyclic) bond motifs is 1. The number of hydrogen-bond acceptors (Lipinski definition) is 3. The largest absolute Gasteiger partial charge is 0.327 e. The molecular formula is C22H31F2N3O2S. The molecule has 0 aliphatic heterocycles. The lowest BCUT2D eigenvalue weighted by molar-refractivity contribution is -0.0473. The van der Waals surface area contributed by atoms with Crippen LogP contribution in [0.25, 0.3) is 11.0 Å². The van der Waals surface area contributed by atoms with E-state index in [0.717, 1.165) is 29.7 Å². The van der Waals surface area contributed by atoms with Gasteiger partial charge in [0.15, 0.2) is 0 Å². The van der Waals surface area contributed by atoms with E-state index in [1.165, 1.54) is 4.31 Å². The summed E-state index contributed by atoms with van der Waals surface area (Å²) in [5.41, 5.74) is 2.07. The number of anilines is 1. The topological polar surface area (TPSA) is 55.2 Å². The lowest BCUT2D eigenvalue weighted by Crippen LogP contribution is -2.29. The Bertz CT molecular complexity index is 1040. The predicted octanol–water partition coefficient (Wildman–Crippen LogP) is 5.09. The number of alkyl halides is 2. The standard InChI is InChI=1S/C22H31F2N3O2S/c1-21(2,3)20-25-18-13-16(26(4)30(28,29)17-6-7-17)5-8-19(18)27(20)14-15-9-11-22(23,24)12-10-15/h5,8,13,15,17H,6-7,9-12,14H2,1-4H3. The van der Waals surface area contributed by atoms with Gasteiger partial charge in [-0.05, 0) is 49.8 Å². The highest BCUT2D eigenvalue weighted by Crippen LogP contribution is 2.39. The molecule has 0 saturated heterocycles. The maximum Gasteiger partial charge on any atom is 0.248 e. The molecule has 2 saturated carbocycles. The second-order valence-electron chi connectivity index (χ2n) is 9.98. The fourth-order valence-corrected chi connectivity index (χ4v) is 5.93. The molecule has 30 heavy (non-hydrogen) atoms. The van der Waals surface area contributed by atoms with Gasteiger partial charge in [-0.15, -0.1) is 0 Å². The van der Waals surface area contributed by atoms with Crippen molar-refractivity contribution in [2.24, 2.45) is 5.92 Å². The summed E-state index contributed by atoms with van der Waals surface area (Å²) < 4.78 is 55.9. The molecule has 0 radical (unpaired) electrons. The van der Waals surface area contributed by atoms with E-state index in [1.54, 1.807) is 7.05 Å². The minimum Gasteiger partial charge on any atom is -0.327 e. The Morgan fingerprint density at radius 3 is 2.37 bits per heavy atom. The van der Waals surface area contributed by atoms with Crippen LogP contribution in [0.5, 0.6) is 0 Å². The summed E-state index contributed by atoms with van der Waals surface area (Å²) >= 11 is 0. The molecule has 0 bridgehead atoms. The van der Waals surface area contributed by atoms with Gasteiger partial charge >= 0.3 is 0 Å². The molecule has 1 heterocycles. The van der Waals surface area contributed by atoms with Gasteiger partial charge < -0.3 is 4.57 Å². The van der Waals surface area contributed by atoms with Crippen molar-refractivity contribution in [2.75, 3.05) is 11.4 Å². The molecule has 1 aromatic heterocycles. The average Bonchev–Trinajstić information content (AvgIpc) is 3.45. The van der Waals surface area contributed by atoms with Gasteiger partial charge in [0.1, 0.15) is 5.82 Å². The molecule has 0 N–H and O–H groups in total. The maximum absolute atomic E-state index is 13.6. The van der Waals surface area contributed by atoms with Crippen LogP contribution < -0.4 is 4.31 Å². The first-order chi connectivity index (χ1) is 13.9. The summed E-state index contributed by atoms with van der Waals surface area (Å²) in [6.45, 7) is 6.92. The van der Waals surface area contributed by atoms with Crippen molar-refractivity contribution in [1.29, 1.82) is 0 Å². The zero-order valence-electron chi connectivity index (χ0n) is 18.2. The SMILES string of the molecule is CN(c1ccc2c(c1)nc(C(C)(C)C)n2CC1CCC(F)(F)CC1)S(=O)(=O)C1CC1. The highest BCUT2D eigenvalue weighted by molar-refractivity contribution is 7.93. The molecule has 5 nitrogen and oxygen atoms in total. The van der Waals surface area contributed by atoms with E-state index >= 15 is 0 Å². The van der Waals surface area contributed by atoms with Crippen LogP contribution in [0, 0.1) is 5.92 Å². The Balaban J connectivity index is 1.68. The van der Waals surface area contributed by atoms with Crippen LogP contribution in [0.1, 0.15) is 65.1 Å². The van der Waals surface area contributed by atoms with Crippen LogP contribution >= 0.6 is 0 Å². The fourth-order valence-electron chi connectivity index (χ4n) is 4.35. The van der Waals surface area contributed by atoms with Crippen LogP contribution in [-0.2, 0) is 22.0 Å². The second kappa shape index (κ2) is 7.18. The number of nitrogens with zero attached hydrogens (tertiary/aromatic N) is 3. The molecular weight excluding hydrogens is 408 g/mol. The third kappa shape index (κ3) is 4.07. The highest BCUT2D eigenvalue weighted by atomic mass is 32.2. The normalized spacial score (nSPS) is 20.6. The maximum atomic E-state index is 13.6. The van der Waals surface area contributed by atoms with Crippen LogP contribution in [-0.4, -0.2) is 36.2 Å². The van der Waals surface area contributed by atoms with Crippen LogP contribution in [0.3, 0.4) is 0 Å². The van der Waals surface area contributed by atoms with Crippen molar-refractivity contribution < 1.29 is 17.2 Å². The van der Waals surface area contributed by atoms with E-state index in [0.29, 0.717) is 25.1 Å². The fraction of sp³-hybridized carbons (Fsp3) is 0.682. The van der Waals surface area contributed by atoms with Gasteiger partial charge in [0.25, 0.3) is 0 Å².